The van der Waals surface area contributed by atoms with Gasteiger partial charge in [-0.05, 0) is 43.2 Å². The van der Waals surface area contributed by atoms with Gasteiger partial charge in [0.15, 0.2) is 0 Å². The molecule has 0 unspecified atom stereocenters. The average molecular weight is 442 g/mol. The first-order valence-electron chi connectivity index (χ1n) is 11.0. The Balaban J connectivity index is 1.61. The molecule has 0 aliphatic heterocycles. The number of carbonyl (C=O) groups is 2. The maximum Gasteiger partial charge on any atom is 0.321 e. The Morgan fingerprint density at radius 3 is 2.70 bits per heavy atom. The number of hydrogen-bond acceptors (Lipinski definition) is 4. The topological polar surface area (TPSA) is 91.0 Å². The molecular formula is C26H27N5O2. The minimum absolute atomic E-state index is 0.143. The van der Waals surface area contributed by atoms with Gasteiger partial charge in [-0.2, -0.15) is 0 Å². The number of amides is 2. The Hall–Kier alpha value is -4.00. The average Bonchev–Trinajstić information content (AvgIpc) is 3.27. The van der Waals surface area contributed by atoms with Crippen molar-refractivity contribution in [1.29, 1.82) is 0 Å². The second-order valence-corrected chi connectivity index (χ2v) is 8.01. The van der Waals surface area contributed by atoms with E-state index in [1.54, 1.807) is 42.7 Å². The van der Waals surface area contributed by atoms with Crippen molar-refractivity contribution in [3.63, 3.8) is 0 Å². The molecule has 0 saturated carbocycles. The van der Waals surface area contributed by atoms with Crippen LogP contribution in [0, 0.1) is 6.92 Å². The lowest BCUT2D eigenvalue weighted by molar-refractivity contribution is 0.103. The summed E-state index contributed by atoms with van der Waals surface area (Å²) in [6, 6.07) is 12.9. The number of nitrogens with zero attached hydrogens (tertiary/aromatic N) is 3. The van der Waals surface area contributed by atoms with Crippen molar-refractivity contribution in [3.8, 4) is 11.1 Å². The molecular weight excluding hydrogens is 414 g/mol. The van der Waals surface area contributed by atoms with Crippen LogP contribution in [0.15, 0.2) is 61.1 Å². The molecule has 0 bridgehead atoms. The zero-order chi connectivity index (χ0) is 23.4. The predicted molar refractivity (Wildman–Crippen MR) is 131 cm³/mol. The molecule has 3 heterocycles. The maximum atomic E-state index is 13.4. The number of aromatic nitrogens is 3. The highest BCUT2D eigenvalue weighted by Gasteiger charge is 2.20. The van der Waals surface area contributed by atoms with Gasteiger partial charge in [0.25, 0.3) is 0 Å². The molecule has 4 rings (SSSR count). The highest BCUT2D eigenvalue weighted by Crippen LogP contribution is 2.27. The molecule has 1 aromatic carbocycles. The van der Waals surface area contributed by atoms with Crippen molar-refractivity contribution in [3.05, 3.63) is 77.9 Å². The van der Waals surface area contributed by atoms with E-state index in [-0.39, 0.29) is 11.8 Å². The van der Waals surface area contributed by atoms with Gasteiger partial charge in [-0.15, -0.1) is 0 Å². The number of urea groups is 1. The normalized spacial score (nSPS) is 10.9. The van der Waals surface area contributed by atoms with E-state index in [1.807, 2.05) is 37.3 Å². The number of carbonyl (C=O) groups excluding carboxylic acids is 2. The van der Waals surface area contributed by atoms with Gasteiger partial charge >= 0.3 is 6.03 Å². The third kappa shape index (κ3) is 4.62. The minimum Gasteiger partial charge on any atom is -0.338 e. The standard InChI is InChI=1S/C26H27N5O2/c1-4-5-12-28-26(33)31(3)23-10-6-9-21(17(23)2)24(32)22-14-19-13-20(16-29-25(19)30-22)18-8-7-11-27-15-18/h6-11,13-16H,4-5,12H2,1-3H3,(H,28,33)(H,29,30). The van der Waals surface area contributed by atoms with Crippen LogP contribution >= 0.6 is 0 Å². The third-order valence-corrected chi connectivity index (χ3v) is 5.73. The van der Waals surface area contributed by atoms with Crippen LogP contribution in [0.3, 0.4) is 0 Å². The largest absolute Gasteiger partial charge is 0.338 e. The van der Waals surface area contributed by atoms with E-state index >= 15 is 0 Å². The molecule has 33 heavy (non-hydrogen) atoms. The fourth-order valence-electron chi connectivity index (χ4n) is 3.81. The molecule has 2 N–H and O–H groups in total. The van der Waals surface area contributed by atoms with Gasteiger partial charge in [0.05, 0.1) is 5.69 Å². The minimum atomic E-state index is -0.186. The van der Waals surface area contributed by atoms with E-state index < -0.39 is 0 Å². The molecule has 0 radical (unpaired) electrons. The highest BCUT2D eigenvalue weighted by molar-refractivity contribution is 6.12. The number of hydrogen-bond donors (Lipinski definition) is 2. The summed E-state index contributed by atoms with van der Waals surface area (Å²) in [4.78, 5) is 39.2. The highest BCUT2D eigenvalue weighted by atomic mass is 16.2. The van der Waals surface area contributed by atoms with Crippen molar-refractivity contribution in [1.82, 2.24) is 20.3 Å². The number of nitrogens with one attached hydrogen (secondary N) is 2. The van der Waals surface area contributed by atoms with Crippen LogP contribution in [0.2, 0.25) is 0 Å². The van der Waals surface area contributed by atoms with Crippen LogP contribution in [-0.4, -0.2) is 40.4 Å². The maximum absolute atomic E-state index is 13.4. The Kier molecular flexibility index (Phi) is 6.49. The smallest absolute Gasteiger partial charge is 0.321 e. The molecule has 3 aromatic heterocycles. The number of aromatic amines is 1. The lowest BCUT2D eigenvalue weighted by Gasteiger charge is -2.21. The molecule has 2 amide bonds. The molecule has 0 atom stereocenters. The molecule has 0 aliphatic rings. The van der Waals surface area contributed by atoms with Crippen molar-refractivity contribution in [2.75, 3.05) is 18.5 Å². The fourth-order valence-corrected chi connectivity index (χ4v) is 3.81. The SMILES string of the molecule is CCCCNC(=O)N(C)c1cccc(C(=O)c2cc3cc(-c4cccnc4)cnc3[nH]2)c1C. The summed E-state index contributed by atoms with van der Waals surface area (Å²) in [7, 11) is 1.71. The van der Waals surface area contributed by atoms with Crippen LogP contribution in [0.25, 0.3) is 22.2 Å². The predicted octanol–water partition coefficient (Wildman–Crippen LogP) is 5.11. The number of benzene rings is 1. The van der Waals surface area contributed by atoms with Gasteiger partial charge in [-0.25, -0.2) is 9.78 Å². The van der Waals surface area contributed by atoms with Gasteiger partial charge in [0.1, 0.15) is 5.65 Å². The molecule has 7 nitrogen and oxygen atoms in total. The molecule has 0 saturated heterocycles. The molecule has 0 aliphatic carbocycles. The van der Waals surface area contributed by atoms with Crippen molar-refractivity contribution in [2.24, 2.45) is 0 Å². The monoisotopic (exact) mass is 441 g/mol. The van der Waals surface area contributed by atoms with Crippen LogP contribution < -0.4 is 10.2 Å². The molecule has 168 valence electrons. The van der Waals surface area contributed by atoms with E-state index in [0.29, 0.717) is 29.1 Å². The second-order valence-electron chi connectivity index (χ2n) is 8.01. The van der Waals surface area contributed by atoms with Crippen molar-refractivity contribution < 1.29 is 9.59 Å². The first-order chi connectivity index (χ1) is 16.0. The molecule has 0 spiro atoms. The Morgan fingerprint density at radius 2 is 1.94 bits per heavy atom. The zero-order valence-corrected chi connectivity index (χ0v) is 19.1. The lowest BCUT2D eigenvalue weighted by Crippen LogP contribution is -2.38. The molecule has 4 aromatic rings. The number of H-pyrrole nitrogens is 1. The number of rotatable bonds is 7. The van der Waals surface area contributed by atoms with E-state index in [1.165, 1.54) is 0 Å². The fraction of sp³-hybridized carbons (Fsp3) is 0.231. The van der Waals surface area contributed by atoms with Crippen LogP contribution in [0.5, 0.6) is 0 Å². The molecule has 7 heteroatoms. The van der Waals surface area contributed by atoms with E-state index in [4.69, 9.17) is 0 Å². The summed E-state index contributed by atoms with van der Waals surface area (Å²) in [5.74, 6) is -0.143. The van der Waals surface area contributed by atoms with Gasteiger partial charge < -0.3 is 10.3 Å². The van der Waals surface area contributed by atoms with Gasteiger partial charge in [-0.1, -0.05) is 31.5 Å². The molecule has 0 fully saturated rings. The summed E-state index contributed by atoms with van der Waals surface area (Å²) < 4.78 is 0. The van der Waals surface area contributed by atoms with Crippen LogP contribution in [0.1, 0.15) is 41.4 Å². The Morgan fingerprint density at radius 1 is 1.09 bits per heavy atom. The van der Waals surface area contributed by atoms with E-state index in [2.05, 4.69) is 27.2 Å². The summed E-state index contributed by atoms with van der Waals surface area (Å²) in [6.07, 6.45) is 7.21. The number of fused-ring (bicyclic) bond motifs is 1. The lowest BCUT2D eigenvalue weighted by atomic mass is 10.0. The summed E-state index contributed by atoms with van der Waals surface area (Å²) in [5.41, 5.74) is 4.98. The van der Waals surface area contributed by atoms with Gasteiger partial charge in [-0.3, -0.25) is 14.7 Å². The second kappa shape index (κ2) is 9.65. The number of anilines is 1. The number of pyridine rings is 2. The van der Waals surface area contributed by atoms with E-state index in [9.17, 15) is 9.59 Å². The van der Waals surface area contributed by atoms with Crippen LogP contribution in [0.4, 0.5) is 10.5 Å². The quantitative estimate of drug-likeness (QED) is 0.308. The van der Waals surface area contributed by atoms with Gasteiger partial charge in [0, 0.05) is 59.9 Å². The van der Waals surface area contributed by atoms with Crippen LogP contribution in [-0.2, 0) is 0 Å². The summed E-state index contributed by atoms with van der Waals surface area (Å²) in [5, 5.41) is 3.76. The number of ketones is 1. The van der Waals surface area contributed by atoms with Crippen molar-refractivity contribution >= 4 is 28.5 Å². The summed E-state index contributed by atoms with van der Waals surface area (Å²) in [6.45, 7) is 4.56. The van der Waals surface area contributed by atoms with E-state index in [0.717, 1.165) is 34.9 Å². The zero-order valence-electron chi connectivity index (χ0n) is 19.1. The number of unbranched alkanes of at least 4 members (excludes halogenated alkanes) is 1. The van der Waals surface area contributed by atoms with Crippen molar-refractivity contribution in [2.45, 2.75) is 26.7 Å². The van der Waals surface area contributed by atoms with Gasteiger partial charge in [0.2, 0.25) is 5.78 Å². The summed E-state index contributed by atoms with van der Waals surface area (Å²) >= 11 is 0. The first kappa shape index (κ1) is 22.2. The third-order valence-electron chi connectivity index (χ3n) is 5.73. The Labute approximate surface area is 192 Å². The first-order valence-corrected chi connectivity index (χ1v) is 11.0. The Bertz CT molecular complexity index is 1300.